The molecule has 0 spiro atoms. The van der Waals surface area contributed by atoms with Crippen LogP contribution >= 0.6 is 0 Å². The molecule has 0 unspecified atom stereocenters. The standard InChI is InChI=1S/C15H23N5O2/c1-10-12(14(21)19(4)9-15(2,3)8-16)18-13(22-10)11-6-17-20(5)7-11/h6-7H,8-9,16H2,1-5H3. The fourth-order valence-electron chi connectivity index (χ4n) is 2.21. The third-order valence-electron chi connectivity index (χ3n) is 3.52. The van der Waals surface area contributed by atoms with Crippen LogP contribution in [0.15, 0.2) is 16.8 Å². The molecule has 2 aromatic heterocycles. The minimum atomic E-state index is -0.169. The molecule has 0 saturated carbocycles. The molecule has 0 aliphatic carbocycles. The van der Waals surface area contributed by atoms with Crippen LogP contribution in [-0.4, -0.2) is 45.7 Å². The minimum absolute atomic E-state index is 0.145. The molecule has 2 rings (SSSR count). The van der Waals surface area contributed by atoms with E-state index in [9.17, 15) is 4.79 Å². The van der Waals surface area contributed by atoms with E-state index in [2.05, 4.69) is 10.1 Å². The lowest BCUT2D eigenvalue weighted by molar-refractivity contribution is 0.0733. The number of nitrogens with zero attached hydrogens (tertiary/aromatic N) is 4. The van der Waals surface area contributed by atoms with Gasteiger partial charge in [0, 0.05) is 26.8 Å². The number of amides is 1. The van der Waals surface area contributed by atoms with E-state index in [0.717, 1.165) is 5.56 Å². The molecule has 0 saturated heterocycles. The van der Waals surface area contributed by atoms with Gasteiger partial charge in [0.15, 0.2) is 5.69 Å². The second-order valence-corrected chi connectivity index (χ2v) is 6.36. The molecule has 0 aromatic carbocycles. The Hall–Kier alpha value is -2.15. The molecule has 2 N–H and O–H groups in total. The Kier molecular flexibility index (Phi) is 4.37. The van der Waals surface area contributed by atoms with Crippen molar-refractivity contribution in [1.29, 1.82) is 0 Å². The molecule has 0 radical (unpaired) electrons. The molecule has 7 nitrogen and oxygen atoms in total. The number of hydrogen-bond donors (Lipinski definition) is 1. The zero-order valence-electron chi connectivity index (χ0n) is 13.8. The Morgan fingerprint density at radius 2 is 2.18 bits per heavy atom. The normalized spacial score (nSPS) is 11.7. The predicted octanol–water partition coefficient (Wildman–Crippen LogP) is 1.44. The number of aromatic nitrogens is 3. The van der Waals surface area contributed by atoms with E-state index >= 15 is 0 Å². The third kappa shape index (κ3) is 3.36. The topological polar surface area (TPSA) is 90.2 Å². The molecule has 2 aromatic rings. The van der Waals surface area contributed by atoms with Crippen molar-refractivity contribution in [2.75, 3.05) is 20.1 Å². The van der Waals surface area contributed by atoms with E-state index in [4.69, 9.17) is 10.2 Å². The lowest BCUT2D eigenvalue weighted by atomic mass is 9.93. The van der Waals surface area contributed by atoms with Crippen molar-refractivity contribution in [2.45, 2.75) is 20.8 Å². The van der Waals surface area contributed by atoms with Gasteiger partial charge in [-0.2, -0.15) is 5.10 Å². The van der Waals surface area contributed by atoms with Gasteiger partial charge in [-0.3, -0.25) is 9.48 Å². The summed E-state index contributed by atoms with van der Waals surface area (Å²) < 4.78 is 7.26. The number of carbonyl (C=O) groups is 1. The van der Waals surface area contributed by atoms with Gasteiger partial charge in [0.1, 0.15) is 5.76 Å². The molecule has 120 valence electrons. The average Bonchev–Trinajstić information content (AvgIpc) is 3.03. The highest BCUT2D eigenvalue weighted by Crippen LogP contribution is 2.23. The molecule has 0 aliphatic heterocycles. The Bertz CT molecular complexity index is 671. The smallest absolute Gasteiger partial charge is 0.275 e. The van der Waals surface area contributed by atoms with Crippen molar-refractivity contribution in [1.82, 2.24) is 19.7 Å². The summed E-state index contributed by atoms with van der Waals surface area (Å²) in [5.74, 6) is 0.736. The van der Waals surface area contributed by atoms with Gasteiger partial charge in [0.2, 0.25) is 5.89 Å². The first-order valence-electron chi connectivity index (χ1n) is 7.15. The third-order valence-corrected chi connectivity index (χ3v) is 3.52. The number of rotatable bonds is 5. The molecule has 0 fully saturated rings. The van der Waals surface area contributed by atoms with Gasteiger partial charge in [-0.1, -0.05) is 13.8 Å². The molecular weight excluding hydrogens is 282 g/mol. The van der Waals surface area contributed by atoms with Crippen LogP contribution in [0.25, 0.3) is 11.5 Å². The van der Waals surface area contributed by atoms with E-state index in [1.165, 1.54) is 0 Å². The van der Waals surface area contributed by atoms with Crippen LogP contribution in [0.1, 0.15) is 30.1 Å². The maximum absolute atomic E-state index is 12.6. The van der Waals surface area contributed by atoms with Gasteiger partial charge in [-0.25, -0.2) is 4.98 Å². The van der Waals surface area contributed by atoms with Crippen molar-refractivity contribution in [3.63, 3.8) is 0 Å². The molecule has 0 atom stereocenters. The van der Waals surface area contributed by atoms with Gasteiger partial charge in [0.05, 0.1) is 11.8 Å². The first-order chi connectivity index (χ1) is 10.2. The summed E-state index contributed by atoms with van der Waals surface area (Å²) in [5, 5.41) is 4.08. The second-order valence-electron chi connectivity index (χ2n) is 6.36. The van der Waals surface area contributed by atoms with Crippen LogP contribution < -0.4 is 5.73 Å². The predicted molar refractivity (Wildman–Crippen MR) is 83.2 cm³/mol. The second kappa shape index (κ2) is 5.92. The van der Waals surface area contributed by atoms with E-state index in [1.807, 2.05) is 20.9 Å². The Labute approximate surface area is 130 Å². The van der Waals surface area contributed by atoms with Gasteiger partial charge in [-0.05, 0) is 18.9 Å². The van der Waals surface area contributed by atoms with Gasteiger partial charge in [0.25, 0.3) is 5.91 Å². The summed E-state index contributed by atoms with van der Waals surface area (Å²) in [4.78, 5) is 18.5. The number of oxazole rings is 1. The zero-order valence-corrected chi connectivity index (χ0v) is 13.8. The van der Waals surface area contributed by atoms with E-state index in [-0.39, 0.29) is 11.3 Å². The van der Waals surface area contributed by atoms with Crippen LogP contribution in [0, 0.1) is 12.3 Å². The van der Waals surface area contributed by atoms with Crippen molar-refractivity contribution in [3.8, 4) is 11.5 Å². The summed E-state index contributed by atoms with van der Waals surface area (Å²) in [6, 6.07) is 0. The zero-order chi connectivity index (χ0) is 16.5. The number of carbonyl (C=O) groups excluding carboxylic acids is 1. The SMILES string of the molecule is Cc1oc(-c2cnn(C)c2)nc1C(=O)N(C)CC(C)(C)CN. The van der Waals surface area contributed by atoms with Crippen molar-refractivity contribution in [3.05, 3.63) is 23.8 Å². The fraction of sp³-hybridized carbons (Fsp3) is 0.533. The Morgan fingerprint density at radius 1 is 1.50 bits per heavy atom. The first kappa shape index (κ1) is 16.2. The highest BCUT2D eigenvalue weighted by atomic mass is 16.4. The fourth-order valence-corrected chi connectivity index (χ4v) is 2.21. The van der Waals surface area contributed by atoms with Crippen LogP contribution in [-0.2, 0) is 7.05 Å². The molecular formula is C15H23N5O2. The van der Waals surface area contributed by atoms with E-state index < -0.39 is 0 Å². The van der Waals surface area contributed by atoms with Crippen molar-refractivity contribution >= 4 is 5.91 Å². The highest BCUT2D eigenvalue weighted by Gasteiger charge is 2.26. The quantitative estimate of drug-likeness (QED) is 0.902. The lowest BCUT2D eigenvalue weighted by Gasteiger charge is -2.28. The number of hydrogen-bond acceptors (Lipinski definition) is 5. The van der Waals surface area contributed by atoms with Crippen molar-refractivity contribution < 1.29 is 9.21 Å². The molecule has 0 aliphatic rings. The van der Waals surface area contributed by atoms with Crippen molar-refractivity contribution in [2.24, 2.45) is 18.2 Å². The van der Waals surface area contributed by atoms with Gasteiger partial charge in [-0.15, -0.1) is 0 Å². The van der Waals surface area contributed by atoms with E-state index in [0.29, 0.717) is 30.4 Å². The van der Waals surface area contributed by atoms with E-state index in [1.54, 1.807) is 35.9 Å². The summed E-state index contributed by atoms with van der Waals surface area (Å²) in [6.45, 7) is 6.84. The monoisotopic (exact) mass is 305 g/mol. The van der Waals surface area contributed by atoms with Gasteiger partial charge >= 0.3 is 0 Å². The maximum atomic E-state index is 12.6. The van der Waals surface area contributed by atoms with Gasteiger partial charge < -0.3 is 15.1 Å². The summed E-state index contributed by atoms with van der Waals surface area (Å²) >= 11 is 0. The molecule has 22 heavy (non-hydrogen) atoms. The molecule has 7 heteroatoms. The van der Waals surface area contributed by atoms with Crippen LogP contribution in [0.3, 0.4) is 0 Å². The minimum Gasteiger partial charge on any atom is -0.440 e. The average molecular weight is 305 g/mol. The Morgan fingerprint density at radius 3 is 2.73 bits per heavy atom. The molecule has 0 bridgehead atoms. The largest absolute Gasteiger partial charge is 0.440 e. The highest BCUT2D eigenvalue weighted by molar-refractivity contribution is 5.93. The summed E-state index contributed by atoms with van der Waals surface area (Å²) in [5.41, 5.74) is 6.65. The Balaban J connectivity index is 2.22. The number of nitrogens with two attached hydrogens (primary N) is 1. The number of aryl methyl sites for hydroxylation is 2. The maximum Gasteiger partial charge on any atom is 0.275 e. The summed E-state index contributed by atoms with van der Waals surface area (Å²) in [7, 11) is 3.56. The van der Waals surface area contributed by atoms with Crippen LogP contribution in [0.4, 0.5) is 0 Å². The first-order valence-corrected chi connectivity index (χ1v) is 7.15. The van der Waals surface area contributed by atoms with Crippen LogP contribution in [0.5, 0.6) is 0 Å². The molecule has 1 amide bonds. The van der Waals surface area contributed by atoms with Crippen LogP contribution in [0.2, 0.25) is 0 Å². The molecule has 2 heterocycles. The lowest BCUT2D eigenvalue weighted by Crippen LogP contribution is -2.40. The summed E-state index contributed by atoms with van der Waals surface area (Å²) in [6.07, 6.45) is 3.45.